The number of carbonyl (C=O) groups excluding carboxylic acids is 1. The molecule has 1 aliphatic carbocycles. The van der Waals surface area contributed by atoms with E-state index in [1.54, 1.807) is 6.92 Å². The fraction of sp³-hybridized carbons (Fsp3) is 0.786. The highest BCUT2D eigenvalue weighted by Gasteiger charge is 2.35. The maximum Gasteiger partial charge on any atom is 0.219 e. The van der Waals surface area contributed by atoms with Crippen molar-refractivity contribution in [2.24, 2.45) is 7.05 Å². The van der Waals surface area contributed by atoms with Gasteiger partial charge in [0.1, 0.15) is 0 Å². The first-order chi connectivity index (χ1) is 9.65. The minimum Gasteiger partial charge on any atom is -0.338 e. The molecule has 0 bridgehead atoms. The summed E-state index contributed by atoms with van der Waals surface area (Å²) < 4.78 is 1.83. The molecule has 1 amide bonds. The second-order valence-electron chi connectivity index (χ2n) is 6.02. The van der Waals surface area contributed by atoms with Crippen molar-refractivity contribution in [1.82, 2.24) is 24.8 Å². The van der Waals surface area contributed by atoms with Gasteiger partial charge in [-0.1, -0.05) is 5.21 Å². The fourth-order valence-electron chi connectivity index (χ4n) is 3.12. The number of aryl methyl sites for hydroxylation is 1. The Balaban J connectivity index is 1.63. The van der Waals surface area contributed by atoms with E-state index in [0.29, 0.717) is 12.1 Å². The topological polar surface area (TPSA) is 54.3 Å². The van der Waals surface area contributed by atoms with Gasteiger partial charge in [-0.05, 0) is 32.2 Å². The maximum absolute atomic E-state index is 11.8. The highest BCUT2D eigenvalue weighted by molar-refractivity contribution is 5.74. The minimum absolute atomic E-state index is 0.224. The molecular formula is C14H23N5O. The molecule has 6 heteroatoms. The first-order valence-electron chi connectivity index (χ1n) is 7.50. The standard InChI is InChI=1S/C14H23N5O/c1-11(20)19(12-5-6-12)10-13-4-3-7-18(13)9-14-8-15-16-17(14)2/h8,12-13H,3-7,9-10H2,1-2H3/t13-/m0/s1. The number of aromatic nitrogens is 3. The summed E-state index contributed by atoms with van der Waals surface area (Å²) in [4.78, 5) is 16.3. The van der Waals surface area contributed by atoms with Gasteiger partial charge in [0.25, 0.3) is 0 Å². The Morgan fingerprint density at radius 3 is 2.85 bits per heavy atom. The molecule has 1 aromatic heterocycles. The molecule has 2 heterocycles. The van der Waals surface area contributed by atoms with Crippen molar-refractivity contribution >= 4 is 5.91 Å². The summed E-state index contributed by atoms with van der Waals surface area (Å²) >= 11 is 0. The number of nitrogens with zero attached hydrogens (tertiary/aromatic N) is 5. The van der Waals surface area contributed by atoms with E-state index in [9.17, 15) is 4.79 Å². The van der Waals surface area contributed by atoms with Crippen LogP contribution in [-0.2, 0) is 18.4 Å². The average molecular weight is 277 g/mol. The van der Waals surface area contributed by atoms with E-state index < -0.39 is 0 Å². The molecule has 20 heavy (non-hydrogen) atoms. The van der Waals surface area contributed by atoms with Crippen molar-refractivity contribution in [3.05, 3.63) is 11.9 Å². The van der Waals surface area contributed by atoms with Crippen LogP contribution < -0.4 is 0 Å². The smallest absolute Gasteiger partial charge is 0.219 e. The molecule has 110 valence electrons. The van der Waals surface area contributed by atoms with Crippen molar-refractivity contribution in [2.75, 3.05) is 13.1 Å². The monoisotopic (exact) mass is 277 g/mol. The van der Waals surface area contributed by atoms with Gasteiger partial charge >= 0.3 is 0 Å². The Kier molecular flexibility index (Phi) is 3.74. The lowest BCUT2D eigenvalue weighted by Crippen LogP contribution is -2.43. The Labute approximate surface area is 119 Å². The first-order valence-corrected chi connectivity index (χ1v) is 7.50. The SMILES string of the molecule is CC(=O)N(C[C@@H]1CCCN1Cc1cnnn1C)C1CC1. The minimum atomic E-state index is 0.224. The predicted octanol–water partition coefficient (Wildman–Crippen LogP) is 0.790. The number of hydrogen-bond acceptors (Lipinski definition) is 4. The van der Waals surface area contributed by atoms with E-state index in [2.05, 4.69) is 20.1 Å². The highest BCUT2D eigenvalue weighted by Crippen LogP contribution is 2.29. The summed E-state index contributed by atoms with van der Waals surface area (Å²) in [5, 5.41) is 7.92. The van der Waals surface area contributed by atoms with Gasteiger partial charge in [-0.2, -0.15) is 0 Å². The predicted molar refractivity (Wildman–Crippen MR) is 74.8 cm³/mol. The number of hydrogen-bond donors (Lipinski definition) is 0. The van der Waals surface area contributed by atoms with Crippen LogP contribution >= 0.6 is 0 Å². The van der Waals surface area contributed by atoms with E-state index in [-0.39, 0.29) is 5.91 Å². The van der Waals surface area contributed by atoms with Gasteiger partial charge in [0.2, 0.25) is 5.91 Å². The van der Waals surface area contributed by atoms with Crippen molar-refractivity contribution in [1.29, 1.82) is 0 Å². The summed E-state index contributed by atoms with van der Waals surface area (Å²) in [6.45, 7) is 4.56. The largest absolute Gasteiger partial charge is 0.338 e. The van der Waals surface area contributed by atoms with E-state index in [1.807, 2.05) is 17.9 Å². The zero-order valence-corrected chi connectivity index (χ0v) is 12.3. The van der Waals surface area contributed by atoms with Crippen LogP contribution in [0.4, 0.5) is 0 Å². The third-order valence-electron chi connectivity index (χ3n) is 4.47. The summed E-state index contributed by atoms with van der Waals surface area (Å²) in [5.41, 5.74) is 1.14. The zero-order chi connectivity index (χ0) is 14.1. The van der Waals surface area contributed by atoms with Gasteiger partial charge in [-0.25, -0.2) is 0 Å². The van der Waals surface area contributed by atoms with Crippen molar-refractivity contribution in [2.45, 2.75) is 51.2 Å². The van der Waals surface area contributed by atoms with Crippen LogP contribution in [0, 0.1) is 0 Å². The van der Waals surface area contributed by atoms with Crippen LogP contribution in [0.1, 0.15) is 38.3 Å². The Morgan fingerprint density at radius 1 is 1.45 bits per heavy atom. The van der Waals surface area contributed by atoms with Gasteiger partial charge in [-0.3, -0.25) is 14.4 Å². The molecule has 6 nitrogen and oxygen atoms in total. The van der Waals surface area contributed by atoms with Gasteiger partial charge in [0, 0.05) is 39.1 Å². The molecule has 1 saturated heterocycles. The van der Waals surface area contributed by atoms with Crippen LogP contribution in [0.2, 0.25) is 0 Å². The molecule has 0 unspecified atom stereocenters. The molecule has 0 N–H and O–H groups in total. The van der Waals surface area contributed by atoms with Gasteiger partial charge in [-0.15, -0.1) is 5.10 Å². The average Bonchev–Trinajstić information content (AvgIpc) is 3.03. The van der Waals surface area contributed by atoms with Crippen LogP contribution in [0.3, 0.4) is 0 Å². The molecule has 0 spiro atoms. The summed E-state index contributed by atoms with van der Waals surface area (Å²) in [5.74, 6) is 0.224. The van der Waals surface area contributed by atoms with Gasteiger partial charge < -0.3 is 4.90 Å². The molecule has 1 aromatic rings. The number of carbonyl (C=O) groups is 1. The lowest BCUT2D eigenvalue weighted by Gasteiger charge is -2.30. The third-order valence-corrected chi connectivity index (χ3v) is 4.47. The summed E-state index contributed by atoms with van der Waals surface area (Å²) in [6.07, 6.45) is 6.59. The Hall–Kier alpha value is -1.43. The second-order valence-corrected chi connectivity index (χ2v) is 6.02. The Morgan fingerprint density at radius 2 is 2.25 bits per heavy atom. The van der Waals surface area contributed by atoms with E-state index in [4.69, 9.17) is 0 Å². The summed E-state index contributed by atoms with van der Waals surface area (Å²) in [6, 6.07) is 0.989. The molecular weight excluding hydrogens is 254 g/mol. The van der Waals surface area contributed by atoms with Gasteiger partial charge in [0.15, 0.2) is 0 Å². The van der Waals surface area contributed by atoms with E-state index in [0.717, 1.165) is 25.3 Å². The van der Waals surface area contributed by atoms with Crippen LogP contribution in [0.25, 0.3) is 0 Å². The summed E-state index contributed by atoms with van der Waals surface area (Å²) in [7, 11) is 1.93. The molecule has 0 aromatic carbocycles. The Bertz CT molecular complexity index is 482. The molecule has 1 atom stereocenters. The van der Waals surface area contributed by atoms with E-state index in [1.165, 1.54) is 25.7 Å². The quantitative estimate of drug-likeness (QED) is 0.798. The lowest BCUT2D eigenvalue weighted by atomic mass is 10.2. The van der Waals surface area contributed by atoms with E-state index >= 15 is 0 Å². The molecule has 2 fully saturated rings. The fourth-order valence-corrected chi connectivity index (χ4v) is 3.12. The number of amides is 1. The lowest BCUT2D eigenvalue weighted by molar-refractivity contribution is -0.130. The highest BCUT2D eigenvalue weighted by atomic mass is 16.2. The number of rotatable bonds is 5. The first kappa shape index (κ1) is 13.5. The maximum atomic E-state index is 11.8. The number of likely N-dealkylation sites (tertiary alicyclic amines) is 1. The van der Waals surface area contributed by atoms with Crippen LogP contribution in [0.15, 0.2) is 6.20 Å². The molecule has 3 rings (SSSR count). The second kappa shape index (κ2) is 5.52. The molecule has 0 radical (unpaired) electrons. The van der Waals surface area contributed by atoms with Gasteiger partial charge in [0.05, 0.1) is 11.9 Å². The van der Waals surface area contributed by atoms with Crippen LogP contribution in [0.5, 0.6) is 0 Å². The van der Waals surface area contributed by atoms with Crippen LogP contribution in [-0.4, -0.2) is 55.9 Å². The molecule has 1 saturated carbocycles. The third kappa shape index (κ3) is 2.85. The molecule has 1 aliphatic heterocycles. The van der Waals surface area contributed by atoms with Crippen molar-refractivity contribution < 1.29 is 4.79 Å². The zero-order valence-electron chi connectivity index (χ0n) is 12.3. The van der Waals surface area contributed by atoms with Crippen molar-refractivity contribution in [3.8, 4) is 0 Å². The molecule has 2 aliphatic rings. The normalized spacial score (nSPS) is 23.2. The van der Waals surface area contributed by atoms with Crippen molar-refractivity contribution in [3.63, 3.8) is 0 Å².